The lowest BCUT2D eigenvalue weighted by molar-refractivity contribution is 0.597. The van der Waals surface area contributed by atoms with E-state index >= 15 is 0 Å². The fourth-order valence-corrected chi connectivity index (χ4v) is 3.09. The van der Waals surface area contributed by atoms with Gasteiger partial charge in [0.25, 0.3) is 0 Å². The summed E-state index contributed by atoms with van der Waals surface area (Å²) in [4.78, 5) is -0.787. The van der Waals surface area contributed by atoms with Crippen molar-refractivity contribution >= 4 is 37.1 Å². The summed E-state index contributed by atoms with van der Waals surface area (Å²) in [7, 11) is -7.72. The molecule has 0 radical (unpaired) electrons. The predicted octanol–water partition coefficient (Wildman–Crippen LogP) is -0.0269. The minimum absolute atomic E-state index is 0.125. The van der Waals surface area contributed by atoms with Crippen LogP contribution in [0.1, 0.15) is 0 Å². The summed E-state index contributed by atoms with van der Waals surface area (Å²) in [6, 6.07) is 1.89. The number of hydrogen-bond donors (Lipinski definition) is 2. The van der Waals surface area contributed by atoms with Crippen LogP contribution in [0.3, 0.4) is 0 Å². The average Bonchev–Trinajstić information content (AvgIpc) is 1.97. The molecule has 90 valence electrons. The molecular weight excluding hydrogens is 276 g/mol. The molecule has 1 aromatic carbocycles. The van der Waals surface area contributed by atoms with Crippen LogP contribution in [-0.2, 0) is 19.9 Å². The number of primary sulfonamides is 1. The van der Waals surface area contributed by atoms with Gasteiger partial charge in [0.15, 0.2) is 9.84 Å². The lowest BCUT2D eigenvalue weighted by Gasteiger charge is -2.07. The predicted molar refractivity (Wildman–Crippen MR) is 60.3 cm³/mol. The van der Waals surface area contributed by atoms with Gasteiger partial charge in [-0.1, -0.05) is 11.6 Å². The van der Waals surface area contributed by atoms with E-state index in [9.17, 15) is 16.8 Å². The van der Waals surface area contributed by atoms with Crippen LogP contribution in [0.2, 0.25) is 5.02 Å². The lowest BCUT2D eigenvalue weighted by atomic mass is 10.3. The molecule has 0 atom stereocenters. The van der Waals surface area contributed by atoms with Crippen LogP contribution in [0, 0.1) is 0 Å². The molecule has 1 rings (SSSR count). The number of rotatable bonds is 2. The Hall–Kier alpha value is -0.830. The number of hydrogen-bond acceptors (Lipinski definition) is 5. The molecule has 0 aliphatic rings. The fourth-order valence-electron chi connectivity index (χ4n) is 1.09. The molecule has 0 bridgehead atoms. The first kappa shape index (κ1) is 13.2. The molecule has 9 heteroatoms. The van der Waals surface area contributed by atoms with Crippen molar-refractivity contribution in [1.29, 1.82) is 0 Å². The quantitative estimate of drug-likeness (QED) is 0.739. The Morgan fingerprint density at radius 1 is 1.12 bits per heavy atom. The first-order valence-corrected chi connectivity index (χ1v) is 7.67. The normalized spacial score (nSPS) is 12.7. The van der Waals surface area contributed by atoms with Gasteiger partial charge in [0.1, 0.15) is 4.90 Å². The zero-order chi connectivity index (χ0) is 12.7. The molecule has 0 saturated heterocycles. The molecule has 0 fully saturated rings. The van der Waals surface area contributed by atoms with Crippen LogP contribution in [0.15, 0.2) is 21.9 Å². The van der Waals surface area contributed by atoms with Gasteiger partial charge < -0.3 is 5.73 Å². The molecule has 0 aliphatic heterocycles. The largest absolute Gasteiger partial charge is 0.398 e. The van der Waals surface area contributed by atoms with Gasteiger partial charge in [0.05, 0.1) is 15.6 Å². The van der Waals surface area contributed by atoms with Crippen LogP contribution in [0.5, 0.6) is 0 Å². The second-order valence-corrected chi connectivity index (χ2v) is 7.06. The molecule has 4 N–H and O–H groups in total. The molecular formula is C7H9ClN2O4S2. The van der Waals surface area contributed by atoms with Crippen LogP contribution in [0.4, 0.5) is 5.69 Å². The zero-order valence-corrected chi connectivity index (χ0v) is 10.5. The first-order valence-electron chi connectivity index (χ1n) is 3.85. The molecule has 6 nitrogen and oxygen atoms in total. The van der Waals surface area contributed by atoms with Crippen molar-refractivity contribution in [1.82, 2.24) is 0 Å². The van der Waals surface area contributed by atoms with Crippen LogP contribution >= 0.6 is 11.6 Å². The van der Waals surface area contributed by atoms with Crippen LogP contribution in [0.25, 0.3) is 0 Å². The zero-order valence-electron chi connectivity index (χ0n) is 8.14. The SMILES string of the molecule is CS(=O)(=O)c1cc(S(N)(=O)=O)c(Cl)cc1N. The summed E-state index contributed by atoms with van der Waals surface area (Å²) >= 11 is 5.60. The Kier molecular flexibility index (Phi) is 3.21. The maximum atomic E-state index is 11.3. The maximum absolute atomic E-state index is 11.3. The molecule has 0 amide bonds. The Morgan fingerprint density at radius 2 is 1.62 bits per heavy atom. The second kappa shape index (κ2) is 3.88. The average molecular weight is 285 g/mol. The summed E-state index contributed by atoms with van der Waals surface area (Å²) in [5, 5.41) is 4.66. The highest BCUT2D eigenvalue weighted by molar-refractivity contribution is 7.91. The molecule has 0 spiro atoms. The van der Waals surface area contributed by atoms with Crippen molar-refractivity contribution in [2.75, 3.05) is 12.0 Å². The van der Waals surface area contributed by atoms with Gasteiger partial charge in [-0.2, -0.15) is 0 Å². The van der Waals surface area contributed by atoms with Crippen molar-refractivity contribution in [3.63, 3.8) is 0 Å². The Morgan fingerprint density at radius 3 is 2.00 bits per heavy atom. The fraction of sp³-hybridized carbons (Fsp3) is 0.143. The van der Waals surface area contributed by atoms with E-state index in [2.05, 4.69) is 0 Å². The van der Waals surface area contributed by atoms with E-state index in [1.807, 2.05) is 0 Å². The molecule has 0 saturated carbocycles. The molecule has 0 aromatic heterocycles. The van der Waals surface area contributed by atoms with Gasteiger partial charge in [-0.15, -0.1) is 0 Å². The number of nitrogen functional groups attached to an aromatic ring is 1. The van der Waals surface area contributed by atoms with E-state index in [1.165, 1.54) is 0 Å². The number of benzene rings is 1. The first-order chi connectivity index (χ1) is 7.03. The van der Waals surface area contributed by atoms with Gasteiger partial charge in [-0.3, -0.25) is 0 Å². The minimum atomic E-state index is -4.08. The smallest absolute Gasteiger partial charge is 0.239 e. The van der Waals surface area contributed by atoms with Gasteiger partial charge >= 0.3 is 0 Å². The van der Waals surface area contributed by atoms with E-state index in [4.69, 9.17) is 22.5 Å². The lowest BCUT2D eigenvalue weighted by Crippen LogP contribution is -2.14. The van der Waals surface area contributed by atoms with E-state index in [1.54, 1.807) is 0 Å². The van der Waals surface area contributed by atoms with Crippen LogP contribution in [-0.4, -0.2) is 23.1 Å². The van der Waals surface area contributed by atoms with E-state index in [-0.39, 0.29) is 15.6 Å². The third-order valence-electron chi connectivity index (χ3n) is 1.77. The summed E-state index contributed by atoms with van der Waals surface area (Å²) in [5.74, 6) is 0. The Balaban J connectivity index is 3.72. The summed E-state index contributed by atoms with van der Waals surface area (Å²) in [6.45, 7) is 0. The van der Waals surface area contributed by atoms with Crippen molar-refractivity contribution < 1.29 is 16.8 Å². The molecule has 16 heavy (non-hydrogen) atoms. The highest BCUT2D eigenvalue weighted by Crippen LogP contribution is 2.28. The summed E-state index contributed by atoms with van der Waals surface area (Å²) in [6.07, 6.45) is 0.902. The molecule has 0 heterocycles. The number of sulfonamides is 1. The highest BCUT2D eigenvalue weighted by atomic mass is 35.5. The van der Waals surface area contributed by atoms with Crippen molar-refractivity contribution in [3.8, 4) is 0 Å². The van der Waals surface area contributed by atoms with Crippen molar-refractivity contribution in [3.05, 3.63) is 17.2 Å². The van der Waals surface area contributed by atoms with Crippen molar-refractivity contribution in [2.45, 2.75) is 9.79 Å². The third kappa shape index (κ3) is 2.64. The molecule has 0 aliphatic carbocycles. The summed E-state index contributed by atoms with van der Waals surface area (Å²) in [5.41, 5.74) is 5.30. The van der Waals surface area contributed by atoms with Gasteiger partial charge in [0, 0.05) is 6.26 Å². The van der Waals surface area contributed by atoms with Gasteiger partial charge in [0.2, 0.25) is 10.0 Å². The van der Waals surface area contributed by atoms with E-state index in [0.717, 1.165) is 18.4 Å². The Bertz CT molecular complexity index is 583. The number of nitrogens with two attached hydrogens (primary N) is 2. The summed E-state index contributed by atoms with van der Waals surface area (Å²) < 4.78 is 44.8. The maximum Gasteiger partial charge on any atom is 0.239 e. The van der Waals surface area contributed by atoms with E-state index in [0.29, 0.717) is 0 Å². The number of anilines is 1. The molecule has 1 aromatic rings. The van der Waals surface area contributed by atoms with Crippen molar-refractivity contribution in [2.24, 2.45) is 5.14 Å². The monoisotopic (exact) mass is 284 g/mol. The van der Waals surface area contributed by atoms with E-state index < -0.39 is 24.8 Å². The highest BCUT2D eigenvalue weighted by Gasteiger charge is 2.20. The number of sulfone groups is 1. The Labute approximate surface area is 98.2 Å². The van der Waals surface area contributed by atoms with Gasteiger partial charge in [-0.05, 0) is 12.1 Å². The standard InChI is InChI=1S/C7H9ClN2O4S2/c1-15(11,12)7-3-6(16(10,13)14)4(8)2-5(7)9/h2-3H,9H2,1H3,(H2,10,13,14). The minimum Gasteiger partial charge on any atom is -0.398 e. The second-order valence-electron chi connectivity index (χ2n) is 3.14. The van der Waals surface area contributed by atoms with Gasteiger partial charge in [-0.25, -0.2) is 22.0 Å². The third-order valence-corrected chi connectivity index (χ3v) is 4.30. The molecule has 0 unspecified atom stereocenters. The van der Waals surface area contributed by atoms with Crippen LogP contribution < -0.4 is 10.9 Å². The topological polar surface area (TPSA) is 120 Å². The number of halogens is 1.